The Balaban J connectivity index is 1.57. The summed E-state index contributed by atoms with van der Waals surface area (Å²) in [5.41, 5.74) is 0.597. The number of amides is 2. The third kappa shape index (κ3) is 4.87. The van der Waals surface area contributed by atoms with Crippen LogP contribution in [0.5, 0.6) is 0 Å². The van der Waals surface area contributed by atoms with Crippen molar-refractivity contribution in [2.75, 3.05) is 32.7 Å². The second-order valence-corrected chi connectivity index (χ2v) is 9.03. The van der Waals surface area contributed by atoms with Crippen LogP contribution in [0.25, 0.3) is 0 Å². The molecule has 34 heavy (non-hydrogen) atoms. The Hall–Kier alpha value is -3.13. The van der Waals surface area contributed by atoms with Crippen molar-refractivity contribution in [3.63, 3.8) is 0 Å². The first-order valence-corrected chi connectivity index (χ1v) is 11.7. The van der Waals surface area contributed by atoms with Crippen molar-refractivity contribution in [1.82, 2.24) is 14.8 Å². The zero-order valence-electron chi connectivity index (χ0n) is 19.6. The Morgan fingerprint density at radius 3 is 2.32 bits per heavy atom. The van der Waals surface area contributed by atoms with E-state index in [0.717, 1.165) is 49.8 Å². The van der Waals surface area contributed by atoms with Gasteiger partial charge in [0, 0.05) is 52.0 Å². The Morgan fingerprint density at radius 2 is 1.68 bits per heavy atom. The van der Waals surface area contributed by atoms with Gasteiger partial charge in [-0.2, -0.15) is 5.10 Å². The molecule has 0 N–H and O–H groups in total. The zero-order valence-corrected chi connectivity index (χ0v) is 19.6. The van der Waals surface area contributed by atoms with Crippen molar-refractivity contribution in [1.29, 1.82) is 0 Å². The molecule has 8 heteroatoms. The highest BCUT2D eigenvalue weighted by molar-refractivity contribution is 6.03. The van der Waals surface area contributed by atoms with Gasteiger partial charge in [-0.3, -0.25) is 14.5 Å². The van der Waals surface area contributed by atoms with Crippen LogP contribution in [0.4, 0.5) is 8.78 Å². The maximum absolute atomic E-state index is 14.6. The number of benzene rings is 2. The van der Waals surface area contributed by atoms with Gasteiger partial charge in [0.15, 0.2) is 0 Å². The fourth-order valence-electron chi connectivity index (χ4n) is 5.04. The van der Waals surface area contributed by atoms with Crippen LogP contribution in [0.15, 0.2) is 53.6 Å². The molecule has 1 fully saturated rings. The first-order valence-electron chi connectivity index (χ1n) is 11.7. The summed E-state index contributed by atoms with van der Waals surface area (Å²) in [5.74, 6) is -1.25. The van der Waals surface area contributed by atoms with E-state index in [0.29, 0.717) is 31.6 Å². The van der Waals surface area contributed by atoms with Gasteiger partial charge in [-0.1, -0.05) is 30.3 Å². The molecule has 180 valence electrons. The highest BCUT2D eigenvalue weighted by Crippen LogP contribution is 2.43. The van der Waals surface area contributed by atoms with E-state index in [1.807, 2.05) is 35.2 Å². The van der Waals surface area contributed by atoms with Crippen LogP contribution in [0.1, 0.15) is 44.2 Å². The Morgan fingerprint density at radius 1 is 0.971 bits per heavy atom. The van der Waals surface area contributed by atoms with Crippen LogP contribution < -0.4 is 0 Å². The number of carbonyl (C=O) groups excluding carboxylic acids is 2. The standard InChI is InChI=1S/C26H30F2N4O2/c1-19(33)31-15-13-30(14-16-31)12-6-11-26(21-7-4-3-5-8-21)18-25(29-32(26)20(2)34)23-17-22(27)9-10-24(23)28/h3-5,7-10,17H,6,11-16,18H2,1-2H3/t26-/m1/s1. The van der Waals surface area contributed by atoms with Gasteiger partial charge in [-0.05, 0) is 43.1 Å². The number of halogens is 2. The molecule has 4 rings (SSSR count). The maximum atomic E-state index is 14.6. The van der Waals surface area contributed by atoms with Gasteiger partial charge in [0.25, 0.3) is 0 Å². The molecule has 0 aliphatic carbocycles. The lowest BCUT2D eigenvalue weighted by Gasteiger charge is -2.38. The number of hydrogen-bond donors (Lipinski definition) is 0. The summed E-state index contributed by atoms with van der Waals surface area (Å²) in [7, 11) is 0. The van der Waals surface area contributed by atoms with Gasteiger partial charge in [0.1, 0.15) is 11.6 Å². The molecule has 0 radical (unpaired) electrons. The summed E-state index contributed by atoms with van der Waals surface area (Å²) in [6.45, 7) is 6.91. The SMILES string of the molecule is CC(=O)N1CCN(CCC[C@]2(c3ccccc3)CC(c3cc(F)ccc3F)=NN2C(C)=O)CC1. The lowest BCUT2D eigenvalue weighted by atomic mass is 9.80. The number of carbonyl (C=O) groups is 2. The normalized spacial score (nSPS) is 21.0. The lowest BCUT2D eigenvalue weighted by Crippen LogP contribution is -2.48. The van der Waals surface area contributed by atoms with Gasteiger partial charge in [0.2, 0.25) is 11.8 Å². The van der Waals surface area contributed by atoms with Gasteiger partial charge < -0.3 is 4.90 Å². The van der Waals surface area contributed by atoms with Crippen LogP contribution in [-0.4, -0.2) is 65.1 Å². The van der Waals surface area contributed by atoms with E-state index < -0.39 is 17.2 Å². The Labute approximate surface area is 198 Å². The number of rotatable bonds is 6. The minimum atomic E-state index is -0.775. The van der Waals surface area contributed by atoms with Crippen LogP contribution in [-0.2, 0) is 15.1 Å². The predicted octanol–water partition coefficient (Wildman–Crippen LogP) is 3.76. The maximum Gasteiger partial charge on any atom is 0.240 e. The van der Waals surface area contributed by atoms with Crippen LogP contribution in [0.2, 0.25) is 0 Å². The molecular weight excluding hydrogens is 438 g/mol. The molecule has 2 aromatic rings. The van der Waals surface area contributed by atoms with Crippen molar-refractivity contribution in [2.45, 2.75) is 38.6 Å². The topological polar surface area (TPSA) is 56.2 Å². The smallest absolute Gasteiger partial charge is 0.240 e. The third-order valence-corrected chi connectivity index (χ3v) is 6.82. The van der Waals surface area contributed by atoms with Crippen LogP contribution in [0.3, 0.4) is 0 Å². The lowest BCUT2D eigenvalue weighted by molar-refractivity contribution is -0.135. The molecule has 0 saturated carbocycles. The molecule has 2 amide bonds. The molecule has 1 atom stereocenters. The molecule has 0 bridgehead atoms. The number of hydrazone groups is 1. The van der Waals surface area contributed by atoms with Crippen LogP contribution in [0, 0.1) is 11.6 Å². The molecule has 0 spiro atoms. The monoisotopic (exact) mass is 468 g/mol. The van der Waals surface area contributed by atoms with Crippen molar-refractivity contribution < 1.29 is 18.4 Å². The summed E-state index contributed by atoms with van der Waals surface area (Å²) in [5, 5.41) is 5.97. The first kappa shape index (κ1) is 24.0. The van der Waals surface area contributed by atoms with Crippen molar-refractivity contribution in [2.24, 2.45) is 5.10 Å². The van der Waals surface area contributed by atoms with Gasteiger partial charge in [-0.25, -0.2) is 13.8 Å². The average molecular weight is 469 g/mol. The van der Waals surface area contributed by atoms with E-state index in [2.05, 4.69) is 10.0 Å². The summed E-state index contributed by atoms with van der Waals surface area (Å²) < 4.78 is 28.5. The van der Waals surface area contributed by atoms with Crippen LogP contribution >= 0.6 is 0 Å². The highest BCUT2D eigenvalue weighted by atomic mass is 19.1. The van der Waals surface area contributed by atoms with Gasteiger partial charge >= 0.3 is 0 Å². The van der Waals surface area contributed by atoms with E-state index in [4.69, 9.17) is 0 Å². The molecule has 0 aromatic heterocycles. The summed E-state index contributed by atoms with van der Waals surface area (Å²) in [4.78, 5) is 28.5. The van der Waals surface area contributed by atoms with E-state index >= 15 is 0 Å². The highest BCUT2D eigenvalue weighted by Gasteiger charge is 2.46. The molecular formula is C26H30F2N4O2. The number of hydrogen-bond acceptors (Lipinski definition) is 4. The minimum Gasteiger partial charge on any atom is -0.340 e. The predicted molar refractivity (Wildman–Crippen MR) is 126 cm³/mol. The quantitative estimate of drug-likeness (QED) is 0.649. The molecule has 6 nitrogen and oxygen atoms in total. The first-order chi connectivity index (χ1) is 16.3. The second-order valence-electron chi connectivity index (χ2n) is 9.03. The van der Waals surface area contributed by atoms with E-state index in [1.54, 1.807) is 6.92 Å². The molecule has 0 unspecified atom stereocenters. The van der Waals surface area contributed by atoms with Gasteiger partial charge in [-0.15, -0.1) is 0 Å². The average Bonchev–Trinajstić information content (AvgIpc) is 3.22. The molecule has 2 aromatic carbocycles. The Bertz CT molecular complexity index is 1080. The number of nitrogens with zero attached hydrogens (tertiary/aromatic N) is 4. The van der Waals surface area contributed by atoms with Crippen molar-refractivity contribution >= 4 is 17.5 Å². The van der Waals surface area contributed by atoms with E-state index in [9.17, 15) is 18.4 Å². The molecule has 2 aliphatic heterocycles. The van der Waals surface area contributed by atoms with E-state index in [-0.39, 0.29) is 17.4 Å². The fraction of sp³-hybridized carbons (Fsp3) is 0.423. The van der Waals surface area contributed by atoms with Crippen molar-refractivity contribution in [3.8, 4) is 0 Å². The number of piperazine rings is 1. The summed E-state index contributed by atoms with van der Waals surface area (Å²) >= 11 is 0. The fourth-order valence-corrected chi connectivity index (χ4v) is 5.04. The van der Waals surface area contributed by atoms with Gasteiger partial charge in [0.05, 0.1) is 11.3 Å². The molecule has 1 saturated heterocycles. The zero-order chi connectivity index (χ0) is 24.3. The molecule has 2 aliphatic rings. The molecule has 2 heterocycles. The summed E-state index contributed by atoms with van der Waals surface area (Å²) in [6, 6.07) is 13.0. The second kappa shape index (κ2) is 10.0. The summed E-state index contributed by atoms with van der Waals surface area (Å²) in [6.07, 6.45) is 1.70. The van der Waals surface area contributed by atoms with Crippen molar-refractivity contribution in [3.05, 3.63) is 71.3 Å². The largest absolute Gasteiger partial charge is 0.340 e. The minimum absolute atomic E-state index is 0.0874. The third-order valence-electron chi connectivity index (χ3n) is 6.82. The van der Waals surface area contributed by atoms with E-state index in [1.165, 1.54) is 11.9 Å². The Kier molecular flexibility index (Phi) is 7.07.